The summed E-state index contributed by atoms with van der Waals surface area (Å²) in [5.41, 5.74) is 0.400. The average Bonchev–Trinajstić information content (AvgIpc) is 2.38. The van der Waals surface area contributed by atoms with Crippen LogP contribution in [-0.2, 0) is 0 Å². The molecule has 2 aromatic rings. The minimum Gasteiger partial charge on any atom is -0.478 e. The van der Waals surface area contributed by atoms with Gasteiger partial charge in [-0.3, -0.25) is 10.1 Å². The number of hydrogen-bond donors (Lipinski definition) is 1. The van der Waals surface area contributed by atoms with Crippen LogP contribution in [0.1, 0.15) is 16.1 Å². The zero-order chi connectivity index (χ0) is 14.7. The van der Waals surface area contributed by atoms with Crippen molar-refractivity contribution in [2.45, 2.75) is 6.92 Å². The van der Waals surface area contributed by atoms with E-state index < -0.39 is 10.9 Å². The first-order chi connectivity index (χ1) is 9.45. The topological polar surface area (TPSA) is 103 Å². The molecule has 0 aliphatic rings. The summed E-state index contributed by atoms with van der Waals surface area (Å²) >= 11 is 0. The predicted octanol–water partition coefficient (Wildman–Crippen LogP) is 2.79. The number of aromatic carboxylic acids is 1. The van der Waals surface area contributed by atoms with Crippen LogP contribution in [0.4, 0.5) is 5.69 Å². The summed E-state index contributed by atoms with van der Waals surface area (Å²) in [4.78, 5) is 25.1. The molecular weight excluding hydrogens is 264 g/mol. The van der Waals surface area contributed by atoms with Crippen molar-refractivity contribution in [3.8, 4) is 11.6 Å². The second-order valence-electron chi connectivity index (χ2n) is 4.00. The number of aromatic nitrogens is 1. The van der Waals surface area contributed by atoms with Gasteiger partial charge in [0.05, 0.1) is 16.6 Å². The normalized spacial score (nSPS) is 10.1. The number of rotatable bonds is 4. The van der Waals surface area contributed by atoms with Crippen molar-refractivity contribution in [2.24, 2.45) is 0 Å². The van der Waals surface area contributed by atoms with Gasteiger partial charge in [-0.25, -0.2) is 9.78 Å². The summed E-state index contributed by atoms with van der Waals surface area (Å²) in [6, 6.07) is 8.24. The van der Waals surface area contributed by atoms with Gasteiger partial charge in [0.25, 0.3) is 5.69 Å². The van der Waals surface area contributed by atoms with Gasteiger partial charge < -0.3 is 9.84 Å². The quantitative estimate of drug-likeness (QED) is 0.679. The lowest BCUT2D eigenvalue weighted by molar-refractivity contribution is -0.384. The van der Waals surface area contributed by atoms with Gasteiger partial charge in [0, 0.05) is 17.8 Å². The molecule has 0 fully saturated rings. The lowest BCUT2D eigenvalue weighted by Gasteiger charge is -2.06. The molecule has 0 atom stereocenters. The van der Waals surface area contributed by atoms with Gasteiger partial charge in [-0.05, 0) is 19.1 Å². The molecule has 0 spiro atoms. The molecule has 1 N–H and O–H groups in total. The second-order valence-corrected chi connectivity index (χ2v) is 4.00. The summed E-state index contributed by atoms with van der Waals surface area (Å²) in [5, 5.41) is 19.6. The smallest absolute Gasteiger partial charge is 0.335 e. The van der Waals surface area contributed by atoms with E-state index in [4.69, 9.17) is 9.84 Å². The number of carbonyl (C=O) groups is 1. The molecule has 1 aromatic heterocycles. The van der Waals surface area contributed by atoms with Crippen LogP contribution < -0.4 is 4.74 Å². The first kappa shape index (κ1) is 13.5. The van der Waals surface area contributed by atoms with Crippen LogP contribution >= 0.6 is 0 Å². The van der Waals surface area contributed by atoms with Gasteiger partial charge in [0.15, 0.2) is 0 Å². The van der Waals surface area contributed by atoms with Crippen molar-refractivity contribution in [1.29, 1.82) is 0 Å². The van der Waals surface area contributed by atoms with E-state index in [1.165, 1.54) is 36.4 Å². The molecule has 7 heteroatoms. The maximum absolute atomic E-state index is 10.9. The minimum atomic E-state index is -1.10. The highest BCUT2D eigenvalue weighted by Gasteiger charge is 2.10. The van der Waals surface area contributed by atoms with Crippen molar-refractivity contribution in [3.05, 3.63) is 57.8 Å². The Bertz CT molecular complexity index is 684. The SMILES string of the molecule is Cc1cc(C(=O)O)cc(Oc2cccc([N+](=O)[O-])c2)n1. The Labute approximate surface area is 113 Å². The Kier molecular flexibility index (Phi) is 3.60. The third kappa shape index (κ3) is 3.08. The maximum atomic E-state index is 10.9. The van der Waals surface area contributed by atoms with E-state index in [2.05, 4.69) is 4.98 Å². The lowest BCUT2D eigenvalue weighted by Crippen LogP contribution is -2.00. The number of pyridine rings is 1. The van der Waals surface area contributed by atoms with Crippen molar-refractivity contribution < 1.29 is 19.6 Å². The summed E-state index contributed by atoms with van der Waals surface area (Å²) in [5.74, 6) is -0.809. The van der Waals surface area contributed by atoms with E-state index in [-0.39, 0.29) is 22.9 Å². The summed E-state index contributed by atoms with van der Waals surface area (Å²) in [6.45, 7) is 1.63. The zero-order valence-electron chi connectivity index (χ0n) is 10.4. The Morgan fingerprint density at radius 1 is 1.35 bits per heavy atom. The number of carboxylic acids is 1. The highest BCUT2D eigenvalue weighted by molar-refractivity contribution is 5.88. The number of nitro benzene ring substituents is 1. The molecule has 1 heterocycles. The van der Waals surface area contributed by atoms with Crippen LogP contribution in [0, 0.1) is 17.0 Å². The van der Waals surface area contributed by atoms with Crippen LogP contribution in [0.3, 0.4) is 0 Å². The first-order valence-corrected chi connectivity index (χ1v) is 5.60. The van der Waals surface area contributed by atoms with Crippen LogP contribution in [0.15, 0.2) is 36.4 Å². The number of nitro groups is 1. The van der Waals surface area contributed by atoms with Crippen LogP contribution in [0.25, 0.3) is 0 Å². The van der Waals surface area contributed by atoms with Gasteiger partial charge in [-0.2, -0.15) is 0 Å². The minimum absolute atomic E-state index is 0.0398. The number of benzene rings is 1. The van der Waals surface area contributed by atoms with Gasteiger partial charge in [-0.1, -0.05) is 6.07 Å². The third-order valence-electron chi connectivity index (χ3n) is 2.43. The van der Waals surface area contributed by atoms with Crippen molar-refractivity contribution >= 4 is 11.7 Å². The Morgan fingerprint density at radius 2 is 2.10 bits per heavy atom. The molecule has 0 unspecified atom stereocenters. The highest BCUT2D eigenvalue weighted by atomic mass is 16.6. The first-order valence-electron chi connectivity index (χ1n) is 5.60. The fourth-order valence-electron chi connectivity index (χ4n) is 1.60. The average molecular weight is 274 g/mol. The number of non-ortho nitro benzene ring substituents is 1. The molecule has 0 aliphatic carbocycles. The van der Waals surface area contributed by atoms with E-state index in [0.717, 1.165) is 0 Å². The molecule has 102 valence electrons. The van der Waals surface area contributed by atoms with Crippen molar-refractivity contribution in [2.75, 3.05) is 0 Å². The zero-order valence-corrected chi connectivity index (χ0v) is 10.4. The molecule has 0 radical (unpaired) electrons. The molecule has 7 nitrogen and oxygen atoms in total. The molecule has 0 saturated carbocycles. The largest absolute Gasteiger partial charge is 0.478 e. The van der Waals surface area contributed by atoms with Gasteiger partial charge in [-0.15, -0.1) is 0 Å². The van der Waals surface area contributed by atoms with E-state index in [1.807, 2.05) is 0 Å². The fourth-order valence-corrected chi connectivity index (χ4v) is 1.60. The monoisotopic (exact) mass is 274 g/mol. The molecule has 2 rings (SSSR count). The molecular formula is C13H10N2O5. The van der Waals surface area contributed by atoms with E-state index in [9.17, 15) is 14.9 Å². The highest BCUT2D eigenvalue weighted by Crippen LogP contribution is 2.24. The number of ether oxygens (including phenoxy) is 1. The van der Waals surface area contributed by atoms with Crippen molar-refractivity contribution in [1.82, 2.24) is 4.98 Å². The fraction of sp³-hybridized carbons (Fsp3) is 0.0769. The maximum Gasteiger partial charge on any atom is 0.335 e. The number of nitrogens with zero attached hydrogens (tertiary/aromatic N) is 2. The summed E-state index contributed by atoms with van der Waals surface area (Å²) in [7, 11) is 0. The van der Waals surface area contributed by atoms with Gasteiger partial charge in [0.1, 0.15) is 5.75 Å². The molecule has 20 heavy (non-hydrogen) atoms. The summed E-state index contributed by atoms with van der Waals surface area (Å²) < 4.78 is 5.36. The van der Waals surface area contributed by atoms with E-state index in [1.54, 1.807) is 6.92 Å². The van der Waals surface area contributed by atoms with Gasteiger partial charge >= 0.3 is 5.97 Å². The molecule has 0 saturated heterocycles. The molecule has 0 bridgehead atoms. The third-order valence-corrected chi connectivity index (χ3v) is 2.43. The Hall–Kier alpha value is -2.96. The van der Waals surface area contributed by atoms with Gasteiger partial charge in [0.2, 0.25) is 5.88 Å². The lowest BCUT2D eigenvalue weighted by atomic mass is 10.2. The van der Waals surface area contributed by atoms with Crippen LogP contribution in [0.5, 0.6) is 11.6 Å². The molecule has 0 amide bonds. The Balaban J connectivity index is 2.32. The summed E-state index contributed by atoms with van der Waals surface area (Å²) in [6.07, 6.45) is 0. The standard InChI is InChI=1S/C13H10N2O5/c1-8-5-9(13(16)17)6-12(14-8)20-11-4-2-3-10(7-11)15(18)19/h2-7H,1H3,(H,16,17). The number of hydrogen-bond acceptors (Lipinski definition) is 5. The van der Waals surface area contributed by atoms with E-state index >= 15 is 0 Å². The van der Waals surface area contributed by atoms with Crippen LogP contribution in [-0.4, -0.2) is 21.0 Å². The number of aryl methyl sites for hydroxylation is 1. The van der Waals surface area contributed by atoms with Crippen molar-refractivity contribution in [3.63, 3.8) is 0 Å². The van der Waals surface area contributed by atoms with E-state index in [0.29, 0.717) is 5.69 Å². The Morgan fingerprint density at radius 3 is 2.75 bits per heavy atom. The predicted molar refractivity (Wildman–Crippen MR) is 69.1 cm³/mol. The van der Waals surface area contributed by atoms with Crippen LogP contribution in [0.2, 0.25) is 0 Å². The second kappa shape index (κ2) is 5.35. The molecule has 0 aliphatic heterocycles. The molecule has 1 aromatic carbocycles. The number of carboxylic acid groups (broad SMARTS) is 1.